The molecule has 0 spiro atoms. The Hall–Kier alpha value is -3.50. The summed E-state index contributed by atoms with van der Waals surface area (Å²) in [6, 6.07) is 7.05. The van der Waals surface area contributed by atoms with Crippen LogP contribution in [-0.4, -0.2) is 50.3 Å². The van der Waals surface area contributed by atoms with Crippen LogP contribution in [0.2, 0.25) is 0 Å². The lowest BCUT2D eigenvalue weighted by Gasteiger charge is -2.11. The Labute approximate surface area is 164 Å². The fourth-order valence-electron chi connectivity index (χ4n) is 2.14. The molecule has 1 aromatic carbocycles. The van der Waals surface area contributed by atoms with Crippen LogP contribution in [0.25, 0.3) is 0 Å². The Kier molecular flexibility index (Phi) is 7.23. The Morgan fingerprint density at radius 2 is 1.79 bits per heavy atom. The fourth-order valence-corrected chi connectivity index (χ4v) is 2.14. The van der Waals surface area contributed by atoms with Gasteiger partial charge in [-0.1, -0.05) is 0 Å². The number of rotatable bonds is 8. The lowest BCUT2D eigenvalue weighted by atomic mass is 10.2. The minimum absolute atomic E-state index is 0.231. The predicted octanol–water partition coefficient (Wildman–Crippen LogP) is 2.41. The lowest BCUT2D eigenvalue weighted by molar-refractivity contribution is -0.154. The van der Waals surface area contributed by atoms with E-state index in [2.05, 4.69) is 20.4 Å². The second-order valence-corrected chi connectivity index (χ2v) is 5.59. The van der Waals surface area contributed by atoms with E-state index in [9.17, 15) is 22.8 Å². The molecule has 2 N–H and O–H groups in total. The molecule has 2 amide bonds. The number of nitrogens with one attached hydrogen (secondary N) is 2. The number of nitrogens with zero attached hydrogens (tertiary/aromatic N) is 1. The normalized spacial score (nSPS) is 10.8. The Bertz CT molecular complexity index is 857. The van der Waals surface area contributed by atoms with Gasteiger partial charge in [0.05, 0.1) is 32.6 Å². The van der Waals surface area contributed by atoms with Gasteiger partial charge in [-0.25, -0.2) is 4.98 Å². The quantitative estimate of drug-likeness (QED) is 0.690. The summed E-state index contributed by atoms with van der Waals surface area (Å²) < 4.78 is 50.9. The number of alkyl halides is 3. The van der Waals surface area contributed by atoms with Crippen molar-refractivity contribution in [3.8, 4) is 17.4 Å². The van der Waals surface area contributed by atoms with Gasteiger partial charge in [-0.05, 0) is 24.3 Å². The third-order valence-corrected chi connectivity index (χ3v) is 3.46. The number of pyridine rings is 1. The van der Waals surface area contributed by atoms with Gasteiger partial charge in [-0.15, -0.1) is 0 Å². The SMILES string of the molecule is COc1ccc(C(=O)NCC(=O)Nc2ccc(OCC(F)(F)F)nc2)cc1OC. The summed E-state index contributed by atoms with van der Waals surface area (Å²) in [7, 11) is 2.90. The molecule has 0 saturated carbocycles. The average Bonchev–Trinajstić information content (AvgIpc) is 2.70. The maximum absolute atomic E-state index is 12.2. The van der Waals surface area contributed by atoms with Crippen molar-refractivity contribution in [1.29, 1.82) is 0 Å². The maximum Gasteiger partial charge on any atom is 0.422 e. The van der Waals surface area contributed by atoms with Crippen LogP contribution in [0.5, 0.6) is 17.4 Å². The van der Waals surface area contributed by atoms with Crippen LogP contribution in [0, 0.1) is 0 Å². The summed E-state index contributed by atoms with van der Waals surface area (Å²) in [4.78, 5) is 27.8. The van der Waals surface area contributed by atoms with E-state index in [1.165, 1.54) is 38.5 Å². The van der Waals surface area contributed by atoms with Crippen LogP contribution < -0.4 is 24.8 Å². The number of hydrogen-bond donors (Lipinski definition) is 2. The molecule has 29 heavy (non-hydrogen) atoms. The van der Waals surface area contributed by atoms with Crippen LogP contribution in [-0.2, 0) is 4.79 Å². The summed E-state index contributed by atoms with van der Waals surface area (Å²) >= 11 is 0. The van der Waals surface area contributed by atoms with Crippen molar-refractivity contribution in [1.82, 2.24) is 10.3 Å². The van der Waals surface area contributed by atoms with E-state index < -0.39 is 24.6 Å². The largest absolute Gasteiger partial charge is 0.493 e. The summed E-state index contributed by atoms with van der Waals surface area (Å²) in [5.41, 5.74) is 0.498. The van der Waals surface area contributed by atoms with E-state index in [0.717, 1.165) is 6.20 Å². The molecule has 0 aliphatic rings. The number of hydrogen-bond acceptors (Lipinski definition) is 6. The summed E-state index contributed by atoms with van der Waals surface area (Å²) in [6.07, 6.45) is -3.33. The van der Waals surface area contributed by atoms with Gasteiger partial charge < -0.3 is 24.8 Å². The third-order valence-electron chi connectivity index (χ3n) is 3.46. The first-order valence-electron chi connectivity index (χ1n) is 8.17. The first-order valence-corrected chi connectivity index (χ1v) is 8.17. The van der Waals surface area contributed by atoms with Crippen LogP contribution in [0.15, 0.2) is 36.5 Å². The molecule has 0 saturated heterocycles. The topological polar surface area (TPSA) is 98.8 Å². The van der Waals surface area contributed by atoms with E-state index in [0.29, 0.717) is 11.5 Å². The highest BCUT2D eigenvalue weighted by molar-refractivity contribution is 5.99. The number of ether oxygens (including phenoxy) is 3. The fraction of sp³-hybridized carbons (Fsp3) is 0.278. The van der Waals surface area contributed by atoms with Gasteiger partial charge in [0.15, 0.2) is 18.1 Å². The second kappa shape index (κ2) is 9.62. The van der Waals surface area contributed by atoms with Crippen molar-refractivity contribution >= 4 is 17.5 Å². The molecule has 0 radical (unpaired) electrons. The molecular weight excluding hydrogens is 395 g/mol. The van der Waals surface area contributed by atoms with Gasteiger partial charge in [-0.2, -0.15) is 13.2 Å². The van der Waals surface area contributed by atoms with Crippen LogP contribution in [0.3, 0.4) is 0 Å². The van der Waals surface area contributed by atoms with Gasteiger partial charge in [0.2, 0.25) is 11.8 Å². The highest BCUT2D eigenvalue weighted by atomic mass is 19.4. The third kappa shape index (κ3) is 6.87. The molecule has 0 aliphatic carbocycles. The van der Waals surface area contributed by atoms with Crippen molar-refractivity contribution in [2.45, 2.75) is 6.18 Å². The summed E-state index contributed by atoms with van der Waals surface area (Å²) in [6.45, 7) is -1.80. The molecule has 156 valence electrons. The smallest absolute Gasteiger partial charge is 0.422 e. The molecular formula is C18H18F3N3O5. The zero-order valence-electron chi connectivity index (χ0n) is 15.5. The zero-order chi connectivity index (χ0) is 21.4. The van der Waals surface area contributed by atoms with Crippen molar-refractivity contribution in [2.24, 2.45) is 0 Å². The Morgan fingerprint density at radius 1 is 1.07 bits per heavy atom. The molecule has 11 heteroatoms. The summed E-state index contributed by atoms with van der Waals surface area (Å²) in [5.74, 6) is -0.470. The van der Waals surface area contributed by atoms with E-state index in [4.69, 9.17) is 9.47 Å². The highest BCUT2D eigenvalue weighted by Crippen LogP contribution is 2.27. The summed E-state index contributed by atoms with van der Waals surface area (Å²) in [5, 5.41) is 4.89. The van der Waals surface area contributed by atoms with E-state index in [1.807, 2.05) is 0 Å². The standard InChI is InChI=1S/C18H18F3N3O5/c1-27-13-5-3-11(7-14(13)28-2)17(26)23-9-15(25)24-12-4-6-16(22-8-12)29-10-18(19,20)21/h3-8H,9-10H2,1-2H3,(H,23,26)(H,24,25). The van der Waals surface area contributed by atoms with Crippen LogP contribution in [0.4, 0.5) is 18.9 Å². The van der Waals surface area contributed by atoms with Crippen LogP contribution in [0.1, 0.15) is 10.4 Å². The molecule has 0 atom stereocenters. The Balaban J connectivity index is 1.85. The predicted molar refractivity (Wildman–Crippen MR) is 96.3 cm³/mol. The van der Waals surface area contributed by atoms with Crippen molar-refractivity contribution < 1.29 is 37.0 Å². The van der Waals surface area contributed by atoms with E-state index in [-0.39, 0.29) is 23.7 Å². The molecule has 0 fully saturated rings. The number of benzene rings is 1. The Morgan fingerprint density at radius 3 is 2.38 bits per heavy atom. The molecule has 0 unspecified atom stereocenters. The number of aromatic nitrogens is 1. The molecule has 8 nitrogen and oxygen atoms in total. The maximum atomic E-state index is 12.2. The lowest BCUT2D eigenvalue weighted by Crippen LogP contribution is -2.32. The van der Waals surface area contributed by atoms with Crippen molar-refractivity contribution in [3.05, 3.63) is 42.1 Å². The van der Waals surface area contributed by atoms with Gasteiger partial charge in [-0.3, -0.25) is 9.59 Å². The number of anilines is 1. The van der Waals surface area contributed by atoms with E-state index >= 15 is 0 Å². The molecule has 1 aromatic heterocycles. The highest BCUT2D eigenvalue weighted by Gasteiger charge is 2.28. The first kappa shape index (κ1) is 21.8. The molecule has 1 heterocycles. The first-order chi connectivity index (χ1) is 13.7. The van der Waals surface area contributed by atoms with Gasteiger partial charge in [0, 0.05) is 11.6 Å². The average molecular weight is 413 g/mol. The molecule has 2 rings (SSSR count). The number of methoxy groups -OCH3 is 2. The van der Waals surface area contributed by atoms with Gasteiger partial charge in [0.1, 0.15) is 0 Å². The second-order valence-electron chi connectivity index (χ2n) is 5.59. The number of carbonyl (C=O) groups is 2. The zero-order valence-corrected chi connectivity index (χ0v) is 15.5. The number of amides is 2. The number of halogens is 3. The van der Waals surface area contributed by atoms with Crippen LogP contribution >= 0.6 is 0 Å². The molecule has 0 bridgehead atoms. The van der Waals surface area contributed by atoms with Gasteiger partial charge >= 0.3 is 6.18 Å². The molecule has 2 aromatic rings. The molecule has 0 aliphatic heterocycles. The van der Waals surface area contributed by atoms with Crippen molar-refractivity contribution in [3.63, 3.8) is 0 Å². The monoisotopic (exact) mass is 413 g/mol. The van der Waals surface area contributed by atoms with Crippen molar-refractivity contribution in [2.75, 3.05) is 32.7 Å². The number of carbonyl (C=O) groups excluding carboxylic acids is 2. The minimum Gasteiger partial charge on any atom is -0.493 e. The van der Waals surface area contributed by atoms with E-state index in [1.54, 1.807) is 6.07 Å². The van der Waals surface area contributed by atoms with Gasteiger partial charge in [0.25, 0.3) is 5.91 Å². The minimum atomic E-state index is -4.47.